The highest BCUT2D eigenvalue weighted by Crippen LogP contribution is 2.49. The molecule has 3 N–H and O–H groups in total. The van der Waals surface area contributed by atoms with Gasteiger partial charge in [0.1, 0.15) is 18.9 Å². The van der Waals surface area contributed by atoms with Crippen LogP contribution in [0.15, 0.2) is 0 Å². The average Bonchev–Trinajstić information content (AvgIpc) is 3.81. The number of Topliss-reactive ketones (excluding diaryl/α,β-unsaturated/α-hetero) is 3. The van der Waals surface area contributed by atoms with Crippen molar-refractivity contribution in [3.05, 3.63) is 17.5 Å². The van der Waals surface area contributed by atoms with E-state index in [9.17, 15) is 27.4 Å². The third-order valence-corrected chi connectivity index (χ3v) is 13.0. The molecule has 0 spiro atoms. The van der Waals surface area contributed by atoms with Crippen LogP contribution in [0.5, 0.6) is 0 Å². The Balaban J connectivity index is -0.000000339. The predicted molar refractivity (Wildman–Crippen MR) is 261 cm³/mol. The maximum Gasteiger partial charge on any atom is 0.286 e. The van der Waals surface area contributed by atoms with E-state index in [2.05, 4.69) is 72.3 Å². The SMILES string of the molecule is CB(O)CC(C)(C)C.CC(=O)C(C)(C)C.CC(=O)Cn1nnc(C(C)(C)C)n1.CC(=O)Cn1nnnc1C(C)(C)C.CC(C)(C)P(C)(=O)O.CC(C)(C)S(C)(=O)=O.CC(C)c1nn[nH]n1. The van der Waals surface area contributed by atoms with Crippen LogP contribution in [0.3, 0.4) is 0 Å². The van der Waals surface area contributed by atoms with Crippen LogP contribution >= 0.6 is 7.37 Å². The zero-order valence-corrected chi connectivity index (χ0v) is 46.6. The molecule has 3 aromatic heterocycles. The number of hydrogen-bond acceptors (Lipinski definition) is 16. The largest absolute Gasteiger partial charge is 0.451 e. The molecule has 20 nitrogen and oxygen atoms in total. The van der Waals surface area contributed by atoms with E-state index in [4.69, 9.17) is 9.92 Å². The van der Waals surface area contributed by atoms with Gasteiger partial charge < -0.3 is 9.92 Å². The Kier molecular flexibility index (Phi) is 29.2. The fourth-order valence-corrected chi connectivity index (χ4v) is 3.17. The topological polar surface area (TPSA) is 285 Å². The van der Waals surface area contributed by atoms with Crippen molar-refractivity contribution >= 4 is 41.5 Å². The van der Waals surface area contributed by atoms with Gasteiger partial charge in [-0.3, -0.25) is 18.9 Å². The minimum atomic E-state index is -2.85. The van der Waals surface area contributed by atoms with Gasteiger partial charge >= 0.3 is 0 Å². The number of ketones is 3. The van der Waals surface area contributed by atoms with Crippen LogP contribution in [0.25, 0.3) is 0 Å². The van der Waals surface area contributed by atoms with Gasteiger partial charge in [-0.2, -0.15) is 10.0 Å². The van der Waals surface area contributed by atoms with Gasteiger partial charge in [0, 0.05) is 40.2 Å². The number of carbonyl (C=O) groups is 3. The summed E-state index contributed by atoms with van der Waals surface area (Å²) in [5.41, 5.74) is -0.109. The molecule has 23 heteroatoms. The van der Waals surface area contributed by atoms with Crippen LogP contribution < -0.4 is 0 Å². The highest BCUT2D eigenvalue weighted by molar-refractivity contribution is 7.92. The number of nitrogens with one attached hydrogen (secondary N) is 1. The van der Waals surface area contributed by atoms with Crippen LogP contribution in [0.1, 0.15) is 183 Å². The molecule has 0 aliphatic carbocycles. The summed E-state index contributed by atoms with van der Waals surface area (Å²) in [6.45, 7) is 46.6. The number of nitrogens with zero attached hydrogens (tertiary/aromatic N) is 11. The Morgan fingerprint density at radius 3 is 1.38 bits per heavy atom. The quantitative estimate of drug-likeness (QED) is 0.162. The summed E-state index contributed by atoms with van der Waals surface area (Å²) in [4.78, 5) is 42.3. The molecule has 1 atom stereocenters. The lowest BCUT2D eigenvalue weighted by atomic mass is 9.60. The molecule has 0 amide bonds. The van der Waals surface area contributed by atoms with Crippen molar-refractivity contribution in [2.75, 3.05) is 12.9 Å². The molecule has 378 valence electrons. The number of sulfone groups is 1. The van der Waals surface area contributed by atoms with Crippen LogP contribution in [0, 0.1) is 10.8 Å². The first-order chi connectivity index (χ1) is 28.5. The van der Waals surface area contributed by atoms with Crippen molar-refractivity contribution in [3.63, 3.8) is 0 Å². The summed E-state index contributed by atoms with van der Waals surface area (Å²) in [5, 5.41) is 44.7. The van der Waals surface area contributed by atoms with E-state index in [-0.39, 0.29) is 59.0 Å². The van der Waals surface area contributed by atoms with Gasteiger partial charge in [-0.15, -0.1) is 25.5 Å². The highest BCUT2D eigenvalue weighted by atomic mass is 32.2. The second kappa shape index (κ2) is 27.9. The monoisotopic (exact) mass is 963 g/mol. The lowest BCUT2D eigenvalue weighted by molar-refractivity contribution is -0.124. The Bertz CT molecular complexity index is 1970. The molecule has 0 aromatic carbocycles. The Labute approximate surface area is 391 Å². The lowest BCUT2D eigenvalue weighted by Crippen LogP contribution is -2.26. The molecule has 65 heavy (non-hydrogen) atoms. The van der Waals surface area contributed by atoms with Gasteiger partial charge in [-0.25, -0.2) is 13.1 Å². The third kappa shape index (κ3) is 36.2. The first-order valence-electron chi connectivity index (χ1n) is 21.4. The van der Waals surface area contributed by atoms with Crippen molar-refractivity contribution in [1.82, 2.24) is 61.0 Å². The van der Waals surface area contributed by atoms with Crippen molar-refractivity contribution < 1.29 is 37.3 Å². The number of tetrazole rings is 3. The molecular formula is C42H88BN12O8PS. The molecule has 3 rings (SSSR count). The fourth-order valence-electron chi connectivity index (χ4n) is 3.17. The molecule has 0 saturated heterocycles. The van der Waals surface area contributed by atoms with E-state index in [1.54, 1.807) is 53.1 Å². The third-order valence-electron chi connectivity index (χ3n) is 8.26. The van der Waals surface area contributed by atoms with Crippen LogP contribution in [-0.2, 0) is 52.7 Å². The first-order valence-corrected chi connectivity index (χ1v) is 25.4. The van der Waals surface area contributed by atoms with Crippen molar-refractivity contribution in [2.45, 2.75) is 212 Å². The number of H-pyrrole nitrogens is 1. The fraction of sp³-hybridized carbons (Fsp3) is 0.857. The van der Waals surface area contributed by atoms with Crippen molar-refractivity contribution in [1.29, 1.82) is 0 Å². The summed E-state index contributed by atoms with van der Waals surface area (Å²) in [6, 6.07) is 0. The van der Waals surface area contributed by atoms with Crippen LogP contribution in [-0.4, -0.2) is 126 Å². The predicted octanol–water partition coefficient (Wildman–Crippen LogP) is 7.22. The summed E-state index contributed by atoms with van der Waals surface area (Å²) >= 11 is 0. The van der Waals surface area contributed by atoms with E-state index in [1.165, 1.54) is 31.6 Å². The van der Waals surface area contributed by atoms with E-state index in [1.807, 2.05) is 83.0 Å². The molecule has 0 radical (unpaired) electrons. The van der Waals surface area contributed by atoms with Crippen molar-refractivity contribution in [3.8, 4) is 0 Å². The van der Waals surface area contributed by atoms with Gasteiger partial charge in [-0.1, -0.05) is 130 Å². The Morgan fingerprint density at radius 2 is 1.18 bits per heavy atom. The molecule has 0 fully saturated rings. The number of carbonyl (C=O) groups excluding carboxylic acids is 3. The molecule has 0 aliphatic heterocycles. The average molecular weight is 963 g/mol. The van der Waals surface area contributed by atoms with Crippen LogP contribution in [0.2, 0.25) is 13.1 Å². The van der Waals surface area contributed by atoms with Gasteiger partial charge in [0.15, 0.2) is 38.9 Å². The maximum atomic E-state index is 10.9. The zero-order chi connectivity index (χ0) is 53.0. The molecule has 3 heterocycles. The van der Waals surface area contributed by atoms with Gasteiger partial charge in [0.05, 0.1) is 4.75 Å². The normalized spacial score (nSPS) is 12.8. The molecule has 0 bridgehead atoms. The minimum Gasteiger partial charge on any atom is -0.451 e. The molecule has 0 saturated carbocycles. The molecular weight excluding hydrogens is 874 g/mol. The van der Waals surface area contributed by atoms with Gasteiger partial charge in [0.25, 0.3) is 6.92 Å². The zero-order valence-electron chi connectivity index (χ0n) is 44.9. The van der Waals surface area contributed by atoms with E-state index < -0.39 is 27.1 Å². The lowest BCUT2D eigenvalue weighted by Gasteiger charge is -2.21. The van der Waals surface area contributed by atoms with Crippen LogP contribution in [0.4, 0.5) is 0 Å². The van der Waals surface area contributed by atoms with E-state index in [0.29, 0.717) is 11.7 Å². The summed E-state index contributed by atoms with van der Waals surface area (Å²) in [5.74, 6) is 2.86. The number of aromatic amines is 1. The minimum absolute atomic E-state index is 0.0258. The highest BCUT2D eigenvalue weighted by Gasteiger charge is 2.28. The van der Waals surface area contributed by atoms with Gasteiger partial charge in [0.2, 0.25) is 7.37 Å². The second-order valence-electron chi connectivity index (χ2n) is 22.5. The molecule has 0 aliphatic rings. The molecule has 1 unspecified atom stereocenters. The van der Waals surface area contributed by atoms with E-state index in [0.717, 1.165) is 18.0 Å². The van der Waals surface area contributed by atoms with Crippen molar-refractivity contribution in [2.24, 2.45) is 10.8 Å². The standard InChI is InChI=1S/2C8H14N4O.C6H15BO.C6H12O.C5H13O2P.C5H12O2S.C4H8N4/c1-6(13)5-12-7(8(2,3)4)9-10-11-12;1-6(13)5-12-10-7(9-11-12)8(2,3)4;1-6(2,3)5-7(4)8;1-5(7)6(2,3)4;2*1-5(2,3)8(4,6)7;1-3(2)4-5-7-8-6-4/h2*5H2,1-4H3;8H,5H2,1-4H3;1-4H3;1-4H3,(H,6,7);1-4H3;3H,1-2H3,(H,5,6,7,8). The summed E-state index contributed by atoms with van der Waals surface area (Å²) in [6.07, 6.45) is 2.12. The van der Waals surface area contributed by atoms with Gasteiger partial charge in [-0.05, 0) is 68.9 Å². The maximum absolute atomic E-state index is 10.9. The Morgan fingerprint density at radius 1 is 0.769 bits per heavy atom. The summed E-state index contributed by atoms with van der Waals surface area (Å²) < 4.78 is 33.1. The van der Waals surface area contributed by atoms with E-state index >= 15 is 0 Å². The second-order valence-corrected chi connectivity index (χ2v) is 28.4. The number of aromatic nitrogens is 12. The smallest absolute Gasteiger partial charge is 0.286 e. The number of rotatable bonds is 6. The summed E-state index contributed by atoms with van der Waals surface area (Å²) in [7, 11) is -5.69. The first kappa shape index (κ1) is 68.0. The molecule has 3 aromatic rings. The Hall–Kier alpha value is -3.62. The number of hydrogen-bond donors (Lipinski definition) is 3.